The van der Waals surface area contributed by atoms with Gasteiger partial charge in [-0.2, -0.15) is 0 Å². The number of halogens is 1. The van der Waals surface area contributed by atoms with E-state index in [0.29, 0.717) is 13.0 Å². The Kier molecular flexibility index (Phi) is 8.30. The molecule has 1 heterocycles. The molecule has 0 radical (unpaired) electrons. The topological polar surface area (TPSA) is 67.8 Å². The molecule has 154 valence electrons. The first-order valence-electron chi connectivity index (χ1n) is 9.40. The Morgan fingerprint density at radius 3 is 2.15 bits per heavy atom. The molecule has 0 aliphatic carbocycles. The normalized spacial score (nSPS) is 35.7. The maximum Gasteiger partial charge on any atom is 0.207 e. The van der Waals surface area contributed by atoms with Crippen LogP contribution in [0.25, 0.3) is 0 Å². The summed E-state index contributed by atoms with van der Waals surface area (Å²) in [5.41, 5.74) is -2.36. The molecule has 2 rings (SSSR count). The Balaban J connectivity index is 0.000000433. The number of aliphatic hydroxyl groups excluding tert-OH is 1. The fraction of sp³-hybridized carbons (Fsp3) is 0.667. The van der Waals surface area contributed by atoms with Gasteiger partial charge in [-0.05, 0) is 45.7 Å². The second-order valence-electron chi connectivity index (χ2n) is 7.78. The first-order valence-corrected chi connectivity index (χ1v) is 9.78. The van der Waals surface area contributed by atoms with Crippen LogP contribution in [-0.4, -0.2) is 41.7 Å². The average molecular weight is 400 g/mol. The largest absolute Gasteiger partial charge is 0.372 e. The summed E-state index contributed by atoms with van der Waals surface area (Å²) in [6.45, 7) is 12.2. The fourth-order valence-corrected chi connectivity index (χ4v) is 4.02. The van der Waals surface area contributed by atoms with Gasteiger partial charge in [-0.15, -0.1) is 0 Å². The molecule has 1 fully saturated rings. The molecule has 4 unspecified atom stereocenters. The molecule has 4 atom stereocenters. The number of carbonyl (C=O) groups is 1. The molecule has 0 bridgehead atoms. The van der Waals surface area contributed by atoms with Crippen molar-refractivity contribution in [1.82, 2.24) is 5.32 Å². The summed E-state index contributed by atoms with van der Waals surface area (Å²) in [5, 5.41) is 13.1. The lowest BCUT2D eigenvalue weighted by Gasteiger charge is -2.65. The van der Waals surface area contributed by atoms with E-state index < -0.39 is 16.7 Å². The monoisotopic (exact) mass is 399 g/mol. The highest BCUT2D eigenvalue weighted by Crippen LogP contribution is 2.54. The SMILES string of the molecule is CCC1(C)COC(C)(CC)C(C)(NC=O)C1(C)OCO.Clc1ccccc1. The zero-order valence-electron chi connectivity index (χ0n) is 17.3. The first kappa shape index (κ1) is 23.9. The molecule has 1 saturated heterocycles. The van der Waals surface area contributed by atoms with Crippen LogP contribution in [0.5, 0.6) is 0 Å². The Bertz CT molecular complexity index is 601. The van der Waals surface area contributed by atoms with Gasteiger partial charge in [0.25, 0.3) is 0 Å². The molecule has 1 aliphatic heterocycles. The molecule has 1 aliphatic rings. The van der Waals surface area contributed by atoms with Crippen molar-refractivity contribution < 1.29 is 19.4 Å². The summed E-state index contributed by atoms with van der Waals surface area (Å²) in [4.78, 5) is 11.2. The van der Waals surface area contributed by atoms with Crippen LogP contribution in [-0.2, 0) is 14.3 Å². The summed E-state index contributed by atoms with van der Waals surface area (Å²) >= 11 is 5.54. The molecule has 1 aromatic rings. The molecule has 5 nitrogen and oxygen atoms in total. The Labute approximate surface area is 168 Å². The lowest BCUT2D eigenvalue weighted by Crippen LogP contribution is -2.80. The van der Waals surface area contributed by atoms with Gasteiger partial charge < -0.3 is 19.9 Å². The molecule has 0 spiro atoms. The van der Waals surface area contributed by atoms with E-state index in [2.05, 4.69) is 19.2 Å². The number of carbonyl (C=O) groups excluding carboxylic acids is 1. The van der Waals surface area contributed by atoms with Gasteiger partial charge in [0.1, 0.15) is 12.4 Å². The van der Waals surface area contributed by atoms with Crippen LogP contribution in [0, 0.1) is 5.41 Å². The third-order valence-corrected chi connectivity index (χ3v) is 7.01. The summed E-state index contributed by atoms with van der Waals surface area (Å²) < 4.78 is 11.9. The fourth-order valence-electron chi connectivity index (χ4n) is 3.87. The van der Waals surface area contributed by atoms with Crippen LogP contribution in [0.3, 0.4) is 0 Å². The highest BCUT2D eigenvalue weighted by atomic mass is 35.5. The van der Waals surface area contributed by atoms with Crippen molar-refractivity contribution in [1.29, 1.82) is 0 Å². The van der Waals surface area contributed by atoms with E-state index in [-0.39, 0.29) is 12.2 Å². The highest BCUT2D eigenvalue weighted by Gasteiger charge is 2.67. The predicted octanol–water partition coefficient (Wildman–Crippen LogP) is 4.17. The van der Waals surface area contributed by atoms with Gasteiger partial charge in [0, 0.05) is 10.4 Å². The smallest absolute Gasteiger partial charge is 0.207 e. The van der Waals surface area contributed by atoms with E-state index in [4.69, 9.17) is 21.1 Å². The zero-order valence-corrected chi connectivity index (χ0v) is 18.1. The van der Waals surface area contributed by atoms with E-state index in [0.717, 1.165) is 17.9 Å². The zero-order chi connectivity index (χ0) is 20.8. The lowest BCUT2D eigenvalue weighted by molar-refractivity contribution is -0.304. The van der Waals surface area contributed by atoms with Gasteiger partial charge in [0.05, 0.1) is 17.7 Å². The minimum atomic E-state index is -0.748. The van der Waals surface area contributed by atoms with Crippen LogP contribution in [0.4, 0.5) is 0 Å². The standard InChI is InChI=1S/C15H29NO4.C6H5Cl/c1-7-12(3)9-19-13(4,8-2)14(5,16-10-17)15(12,6)20-11-18;7-6-4-2-1-3-5-6/h10,18H,7-9,11H2,1-6H3,(H,16,17);1-5H. The van der Waals surface area contributed by atoms with Crippen LogP contribution in [0.15, 0.2) is 30.3 Å². The van der Waals surface area contributed by atoms with Crippen molar-refractivity contribution >= 4 is 18.0 Å². The Morgan fingerprint density at radius 2 is 1.78 bits per heavy atom. The second-order valence-corrected chi connectivity index (χ2v) is 8.21. The number of benzene rings is 1. The third-order valence-electron chi connectivity index (χ3n) is 6.76. The van der Waals surface area contributed by atoms with Gasteiger partial charge >= 0.3 is 0 Å². The van der Waals surface area contributed by atoms with Crippen molar-refractivity contribution in [2.24, 2.45) is 5.41 Å². The molecular weight excluding hydrogens is 366 g/mol. The van der Waals surface area contributed by atoms with Crippen LogP contribution in [0.1, 0.15) is 54.4 Å². The van der Waals surface area contributed by atoms with Crippen LogP contribution in [0.2, 0.25) is 5.02 Å². The van der Waals surface area contributed by atoms with Crippen molar-refractivity contribution in [3.63, 3.8) is 0 Å². The Hall–Kier alpha value is -1.14. The molecule has 1 aromatic carbocycles. The number of ether oxygens (including phenoxy) is 2. The minimum absolute atomic E-state index is 0.310. The van der Waals surface area contributed by atoms with E-state index >= 15 is 0 Å². The van der Waals surface area contributed by atoms with Gasteiger partial charge in [0.2, 0.25) is 6.41 Å². The number of nitrogens with one attached hydrogen (secondary N) is 1. The van der Waals surface area contributed by atoms with Crippen molar-refractivity contribution in [2.75, 3.05) is 13.4 Å². The summed E-state index contributed by atoms with van der Waals surface area (Å²) in [7, 11) is 0. The van der Waals surface area contributed by atoms with Gasteiger partial charge in [-0.25, -0.2) is 0 Å². The first-order chi connectivity index (χ1) is 12.6. The number of hydrogen-bond acceptors (Lipinski definition) is 4. The summed E-state index contributed by atoms with van der Waals surface area (Å²) in [6, 6.07) is 9.44. The second kappa shape index (κ2) is 9.37. The third kappa shape index (κ3) is 4.32. The molecule has 0 saturated carbocycles. The molecule has 0 aromatic heterocycles. The summed E-state index contributed by atoms with van der Waals surface area (Å²) in [5.74, 6) is 0. The van der Waals surface area contributed by atoms with Gasteiger partial charge in [-0.3, -0.25) is 4.79 Å². The maximum absolute atomic E-state index is 11.2. The number of hydrogen-bond donors (Lipinski definition) is 2. The molecule has 1 amide bonds. The van der Waals surface area contributed by atoms with E-state index in [1.807, 2.05) is 58.0 Å². The number of amides is 1. The molecular formula is C21H34ClNO4. The van der Waals surface area contributed by atoms with E-state index in [9.17, 15) is 9.90 Å². The number of aliphatic hydroxyl groups is 1. The predicted molar refractivity (Wildman–Crippen MR) is 109 cm³/mol. The van der Waals surface area contributed by atoms with E-state index in [1.165, 1.54) is 0 Å². The van der Waals surface area contributed by atoms with Crippen LogP contribution >= 0.6 is 11.6 Å². The minimum Gasteiger partial charge on any atom is -0.372 e. The number of rotatable bonds is 6. The molecule has 27 heavy (non-hydrogen) atoms. The highest BCUT2D eigenvalue weighted by molar-refractivity contribution is 6.30. The van der Waals surface area contributed by atoms with Crippen molar-refractivity contribution in [2.45, 2.75) is 71.1 Å². The molecule has 6 heteroatoms. The average Bonchev–Trinajstić information content (AvgIpc) is 2.66. The molecule has 2 N–H and O–H groups in total. The van der Waals surface area contributed by atoms with Gasteiger partial charge in [0.15, 0.2) is 0 Å². The van der Waals surface area contributed by atoms with Crippen LogP contribution < -0.4 is 5.32 Å². The summed E-state index contributed by atoms with van der Waals surface area (Å²) in [6.07, 6.45) is 2.24. The van der Waals surface area contributed by atoms with Crippen molar-refractivity contribution in [3.05, 3.63) is 35.4 Å². The maximum atomic E-state index is 11.2. The Morgan fingerprint density at radius 1 is 1.19 bits per heavy atom. The quantitative estimate of drug-likeness (QED) is 0.556. The van der Waals surface area contributed by atoms with Crippen molar-refractivity contribution in [3.8, 4) is 0 Å². The van der Waals surface area contributed by atoms with E-state index in [1.54, 1.807) is 0 Å². The lowest BCUT2D eigenvalue weighted by atomic mass is 9.55. The van der Waals surface area contributed by atoms with Gasteiger partial charge in [-0.1, -0.05) is 50.6 Å².